The number of amides is 1. The molecule has 0 aromatic carbocycles. The fourth-order valence-corrected chi connectivity index (χ4v) is 1.25. The molecule has 0 aliphatic rings. The van der Waals surface area contributed by atoms with Gasteiger partial charge in [-0.05, 0) is 24.8 Å². The highest BCUT2D eigenvalue weighted by Crippen LogP contribution is 2.21. The molecule has 0 heterocycles. The number of hydrogen-bond donors (Lipinski definition) is 2. The minimum absolute atomic E-state index is 0.114. The first-order valence-corrected chi connectivity index (χ1v) is 5.67. The molecule has 15 heavy (non-hydrogen) atoms. The van der Waals surface area contributed by atoms with Crippen LogP contribution in [0.4, 0.5) is 0 Å². The van der Waals surface area contributed by atoms with E-state index in [2.05, 4.69) is 19.2 Å². The molecule has 0 aromatic heterocycles. The van der Waals surface area contributed by atoms with Crippen molar-refractivity contribution in [2.24, 2.45) is 16.6 Å². The van der Waals surface area contributed by atoms with Gasteiger partial charge in [-0.1, -0.05) is 34.6 Å². The largest absolute Gasteiger partial charge is 0.355 e. The van der Waals surface area contributed by atoms with Crippen LogP contribution in [-0.4, -0.2) is 19.0 Å². The summed E-state index contributed by atoms with van der Waals surface area (Å²) in [6, 6.07) is 0. The molecule has 0 aliphatic heterocycles. The van der Waals surface area contributed by atoms with Crippen LogP contribution in [0.3, 0.4) is 0 Å². The Morgan fingerprint density at radius 2 is 1.73 bits per heavy atom. The van der Waals surface area contributed by atoms with Crippen molar-refractivity contribution < 1.29 is 4.79 Å². The highest BCUT2D eigenvalue weighted by atomic mass is 16.2. The Hall–Kier alpha value is -0.570. The second-order valence-electron chi connectivity index (χ2n) is 5.99. The van der Waals surface area contributed by atoms with E-state index in [9.17, 15) is 4.79 Å². The topological polar surface area (TPSA) is 55.1 Å². The number of hydrogen-bond acceptors (Lipinski definition) is 2. The molecular formula is C12H26N2O. The Morgan fingerprint density at radius 1 is 1.20 bits per heavy atom. The van der Waals surface area contributed by atoms with E-state index in [1.54, 1.807) is 0 Å². The van der Waals surface area contributed by atoms with Crippen LogP contribution in [-0.2, 0) is 4.79 Å². The van der Waals surface area contributed by atoms with E-state index in [-0.39, 0.29) is 16.7 Å². The van der Waals surface area contributed by atoms with Gasteiger partial charge < -0.3 is 11.1 Å². The third-order valence-electron chi connectivity index (χ3n) is 2.47. The summed E-state index contributed by atoms with van der Waals surface area (Å²) < 4.78 is 0. The van der Waals surface area contributed by atoms with Crippen molar-refractivity contribution in [2.45, 2.75) is 47.5 Å². The van der Waals surface area contributed by atoms with Gasteiger partial charge in [0.05, 0.1) is 0 Å². The van der Waals surface area contributed by atoms with Crippen molar-refractivity contribution in [3.05, 3.63) is 0 Å². The summed E-state index contributed by atoms with van der Waals surface area (Å²) in [6.45, 7) is 11.5. The second-order valence-corrected chi connectivity index (χ2v) is 5.99. The van der Waals surface area contributed by atoms with Gasteiger partial charge in [-0.25, -0.2) is 0 Å². The normalized spacial score (nSPS) is 12.7. The van der Waals surface area contributed by atoms with E-state index in [1.807, 2.05) is 20.8 Å². The van der Waals surface area contributed by atoms with Gasteiger partial charge in [0.2, 0.25) is 5.91 Å². The van der Waals surface area contributed by atoms with Gasteiger partial charge >= 0.3 is 0 Å². The number of rotatable bonds is 5. The lowest BCUT2D eigenvalue weighted by Gasteiger charge is -2.27. The molecule has 90 valence electrons. The smallest absolute Gasteiger partial charge is 0.225 e. The van der Waals surface area contributed by atoms with E-state index in [0.29, 0.717) is 0 Å². The molecule has 3 heteroatoms. The molecule has 1 amide bonds. The van der Waals surface area contributed by atoms with Gasteiger partial charge in [0, 0.05) is 12.0 Å². The van der Waals surface area contributed by atoms with Crippen LogP contribution in [0.25, 0.3) is 0 Å². The first-order valence-electron chi connectivity index (χ1n) is 5.67. The minimum Gasteiger partial charge on any atom is -0.355 e. The van der Waals surface area contributed by atoms with Gasteiger partial charge in [0.1, 0.15) is 0 Å². The predicted molar refractivity (Wildman–Crippen MR) is 64.5 cm³/mol. The molecule has 0 fully saturated rings. The van der Waals surface area contributed by atoms with Crippen molar-refractivity contribution in [2.75, 3.05) is 13.1 Å². The maximum atomic E-state index is 11.6. The number of carbonyl (C=O) groups excluding carboxylic acids is 1. The Bertz CT molecular complexity index is 204. The number of nitrogens with two attached hydrogens (primary N) is 1. The molecule has 0 aliphatic carbocycles. The Morgan fingerprint density at radius 3 is 2.13 bits per heavy atom. The first-order chi connectivity index (χ1) is 6.69. The third kappa shape index (κ3) is 6.50. The zero-order chi connectivity index (χ0) is 12.1. The molecule has 0 rings (SSSR count). The molecule has 0 saturated carbocycles. The lowest BCUT2D eigenvalue weighted by atomic mass is 9.87. The van der Waals surface area contributed by atoms with Crippen LogP contribution in [0.15, 0.2) is 0 Å². The van der Waals surface area contributed by atoms with Gasteiger partial charge in [0.15, 0.2) is 0 Å². The average molecular weight is 214 g/mol. The summed E-state index contributed by atoms with van der Waals surface area (Å²) in [6.07, 6.45) is 2.06. The number of carbonyl (C=O) groups is 1. The highest BCUT2D eigenvalue weighted by molar-refractivity contribution is 5.81. The van der Waals surface area contributed by atoms with Crippen LogP contribution >= 0.6 is 0 Å². The molecule has 0 unspecified atom stereocenters. The maximum absolute atomic E-state index is 11.6. The highest BCUT2D eigenvalue weighted by Gasteiger charge is 2.24. The molecule has 0 bridgehead atoms. The van der Waals surface area contributed by atoms with Crippen molar-refractivity contribution in [3.63, 3.8) is 0 Å². The summed E-state index contributed by atoms with van der Waals surface area (Å²) >= 11 is 0. The molecule has 0 atom stereocenters. The lowest BCUT2D eigenvalue weighted by molar-refractivity contribution is -0.128. The predicted octanol–water partition coefficient (Wildman–Crippen LogP) is 1.91. The summed E-state index contributed by atoms with van der Waals surface area (Å²) in [5, 5.41) is 2.99. The van der Waals surface area contributed by atoms with Crippen molar-refractivity contribution in [3.8, 4) is 0 Å². The standard InChI is InChI=1S/C12H26N2O/c1-11(2,3)10(15)14-9-12(4,5)7-6-8-13/h6-9,13H2,1-5H3,(H,14,15). The molecular weight excluding hydrogens is 188 g/mol. The van der Waals surface area contributed by atoms with Gasteiger partial charge in [-0.3, -0.25) is 4.79 Å². The summed E-state index contributed by atoms with van der Waals surface area (Å²) in [4.78, 5) is 11.6. The Balaban J connectivity index is 3.98. The fraction of sp³-hybridized carbons (Fsp3) is 0.917. The van der Waals surface area contributed by atoms with E-state index in [1.165, 1.54) is 0 Å². The SMILES string of the molecule is CC(C)(CCCN)CNC(=O)C(C)(C)C. The zero-order valence-electron chi connectivity index (χ0n) is 10.8. The third-order valence-corrected chi connectivity index (χ3v) is 2.47. The van der Waals surface area contributed by atoms with Gasteiger partial charge in [0.25, 0.3) is 0 Å². The fourth-order valence-electron chi connectivity index (χ4n) is 1.25. The molecule has 0 spiro atoms. The summed E-state index contributed by atoms with van der Waals surface area (Å²) in [5.74, 6) is 0.114. The van der Waals surface area contributed by atoms with E-state index < -0.39 is 0 Å². The average Bonchev–Trinajstić information content (AvgIpc) is 2.09. The van der Waals surface area contributed by atoms with Crippen molar-refractivity contribution in [1.82, 2.24) is 5.32 Å². The second kappa shape index (κ2) is 5.50. The molecule has 0 aromatic rings. The minimum atomic E-state index is -0.302. The van der Waals surface area contributed by atoms with E-state index in [4.69, 9.17) is 5.73 Å². The quantitative estimate of drug-likeness (QED) is 0.734. The Labute approximate surface area is 93.8 Å². The lowest BCUT2D eigenvalue weighted by Crippen LogP contribution is -2.40. The number of nitrogens with one attached hydrogen (secondary N) is 1. The monoisotopic (exact) mass is 214 g/mol. The van der Waals surface area contributed by atoms with Crippen LogP contribution in [0.1, 0.15) is 47.5 Å². The first kappa shape index (κ1) is 14.4. The van der Waals surface area contributed by atoms with E-state index in [0.717, 1.165) is 25.9 Å². The van der Waals surface area contributed by atoms with Gasteiger partial charge in [-0.15, -0.1) is 0 Å². The van der Waals surface area contributed by atoms with Crippen LogP contribution in [0.5, 0.6) is 0 Å². The van der Waals surface area contributed by atoms with E-state index >= 15 is 0 Å². The summed E-state index contributed by atoms with van der Waals surface area (Å²) in [7, 11) is 0. The van der Waals surface area contributed by atoms with Gasteiger partial charge in [-0.2, -0.15) is 0 Å². The maximum Gasteiger partial charge on any atom is 0.225 e. The zero-order valence-corrected chi connectivity index (χ0v) is 10.8. The van der Waals surface area contributed by atoms with Crippen LogP contribution < -0.4 is 11.1 Å². The molecule has 3 nitrogen and oxygen atoms in total. The van der Waals surface area contributed by atoms with Crippen molar-refractivity contribution in [1.29, 1.82) is 0 Å². The summed E-state index contributed by atoms with van der Waals surface area (Å²) in [5.41, 5.74) is 5.31. The van der Waals surface area contributed by atoms with Crippen LogP contribution in [0, 0.1) is 10.8 Å². The molecule has 0 saturated heterocycles. The molecule has 3 N–H and O–H groups in total. The molecule has 0 radical (unpaired) electrons. The Kier molecular flexibility index (Phi) is 5.29. The van der Waals surface area contributed by atoms with Crippen LogP contribution in [0.2, 0.25) is 0 Å². The van der Waals surface area contributed by atoms with Crippen molar-refractivity contribution >= 4 is 5.91 Å².